The molecule has 0 spiro atoms. The molecule has 0 saturated heterocycles. The highest BCUT2D eigenvalue weighted by Gasteiger charge is 2.12. The van der Waals surface area contributed by atoms with Crippen molar-refractivity contribution < 1.29 is 9.47 Å². The first kappa shape index (κ1) is 10.5. The maximum absolute atomic E-state index is 5.63. The SMILES string of the molecule is c1ccn2cc(-c3ccc4c(c3)OCCO4)cc2c1. The normalized spacial score (nSPS) is 13.7. The molecule has 3 heterocycles. The zero-order valence-corrected chi connectivity index (χ0v) is 10.4. The van der Waals surface area contributed by atoms with Gasteiger partial charge in [0.15, 0.2) is 11.5 Å². The van der Waals surface area contributed by atoms with Gasteiger partial charge in [0.2, 0.25) is 0 Å². The quantitative estimate of drug-likeness (QED) is 0.661. The van der Waals surface area contributed by atoms with E-state index >= 15 is 0 Å². The Balaban J connectivity index is 1.83. The summed E-state index contributed by atoms with van der Waals surface area (Å²) < 4.78 is 13.3. The molecule has 4 rings (SSSR count). The first-order valence-corrected chi connectivity index (χ1v) is 6.37. The number of fused-ring (bicyclic) bond motifs is 2. The monoisotopic (exact) mass is 251 g/mol. The molecule has 1 aromatic carbocycles. The van der Waals surface area contributed by atoms with Crippen LogP contribution >= 0.6 is 0 Å². The van der Waals surface area contributed by atoms with Crippen LogP contribution in [0.15, 0.2) is 54.9 Å². The highest BCUT2D eigenvalue weighted by molar-refractivity contribution is 5.72. The van der Waals surface area contributed by atoms with Gasteiger partial charge in [-0.25, -0.2) is 0 Å². The summed E-state index contributed by atoms with van der Waals surface area (Å²) in [6, 6.07) is 14.4. The molecule has 0 saturated carbocycles. The zero-order chi connectivity index (χ0) is 12.7. The fourth-order valence-electron chi connectivity index (χ4n) is 2.44. The van der Waals surface area contributed by atoms with E-state index < -0.39 is 0 Å². The minimum absolute atomic E-state index is 0.619. The van der Waals surface area contributed by atoms with E-state index in [0.717, 1.165) is 17.1 Å². The number of ether oxygens (including phenoxy) is 2. The average molecular weight is 251 g/mol. The lowest BCUT2D eigenvalue weighted by molar-refractivity contribution is 0.171. The Kier molecular flexibility index (Phi) is 2.24. The van der Waals surface area contributed by atoms with E-state index in [2.05, 4.69) is 35.0 Å². The van der Waals surface area contributed by atoms with Crippen molar-refractivity contribution in [3.63, 3.8) is 0 Å². The Morgan fingerprint density at radius 2 is 1.74 bits per heavy atom. The summed E-state index contributed by atoms with van der Waals surface area (Å²) >= 11 is 0. The molecule has 1 aliphatic rings. The van der Waals surface area contributed by atoms with Crippen LogP contribution in [-0.2, 0) is 0 Å². The van der Waals surface area contributed by atoms with Crippen LogP contribution in [0.4, 0.5) is 0 Å². The second kappa shape index (κ2) is 4.05. The van der Waals surface area contributed by atoms with Gasteiger partial charge >= 0.3 is 0 Å². The van der Waals surface area contributed by atoms with Gasteiger partial charge in [-0.15, -0.1) is 0 Å². The van der Waals surface area contributed by atoms with Crippen molar-refractivity contribution in [2.24, 2.45) is 0 Å². The van der Waals surface area contributed by atoms with Gasteiger partial charge in [0, 0.05) is 23.5 Å². The molecule has 0 aliphatic carbocycles. The van der Waals surface area contributed by atoms with Gasteiger partial charge in [0.1, 0.15) is 13.2 Å². The Morgan fingerprint density at radius 1 is 0.842 bits per heavy atom. The largest absolute Gasteiger partial charge is 0.486 e. The van der Waals surface area contributed by atoms with Gasteiger partial charge in [0.25, 0.3) is 0 Å². The lowest BCUT2D eigenvalue weighted by atomic mass is 10.1. The number of aromatic nitrogens is 1. The molecule has 0 atom stereocenters. The second-order valence-electron chi connectivity index (χ2n) is 4.62. The number of rotatable bonds is 1. The van der Waals surface area contributed by atoms with Crippen LogP contribution in [0.25, 0.3) is 16.6 Å². The molecule has 0 fully saturated rings. The van der Waals surface area contributed by atoms with Crippen LogP contribution in [0.3, 0.4) is 0 Å². The first-order chi connectivity index (χ1) is 9.40. The van der Waals surface area contributed by atoms with E-state index in [9.17, 15) is 0 Å². The van der Waals surface area contributed by atoms with Crippen LogP contribution in [0.1, 0.15) is 0 Å². The van der Waals surface area contributed by atoms with E-state index in [1.165, 1.54) is 11.1 Å². The van der Waals surface area contributed by atoms with Crippen molar-refractivity contribution in [3.8, 4) is 22.6 Å². The van der Waals surface area contributed by atoms with Crippen LogP contribution in [0.2, 0.25) is 0 Å². The number of benzene rings is 1. The Hall–Kier alpha value is -2.42. The molecule has 3 heteroatoms. The van der Waals surface area contributed by atoms with E-state index in [1.54, 1.807) is 0 Å². The van der Waals surface area contributed by atoms with Gasteiger partial charge < -0.3 is 13.9 Å². The summed E-state index contributed by atoms with van der Waals surface area (Å²) in [4.78, 5) is 0. The van der Waals surface area contributed by atoms with Gasteiger partial charge in [-0.1, -0.05) is 12.1 Å². The van der Waals surface area contributed by atoms with Crippen molar-refractivity contribution in [1.82, 2.24) is 4.40 Å². The van der Waals surface area contributed by atoms with Crippen LogP contribution in [0.5, 0.6) is 11.5 Å². The minimum Gasteiger partial charge on any atom is -0.486 e. The summed E-state index contributed by atoms with van der Waals surface area (Å²) in [7, 11) is 0. The summed E-state index contributed by atoms with van der Waals surface area (Å²) in [6.07, 6.45) is 4.18. The Labute approximate surface area is 111 Å². The van der Waals surface area contributed by atoms with Gasteiger partial charge in [0.05, 0.1) is 0 Å². The van der Waals surface area contributed by atoms with E-state index in [-0.39, 0.29) is 0 Å². The molecule has 94 valence electrons. The maximum atomic E-state index is 5.63. The molecule has 2 aromatic heterocycles. The van der Waals surface area contributed by atoms with Crippen molar-refractivity contribution in [1.29, 1.82) is 0 Å². The number of nitrogens with zero attached hydrogens (tertiary/aromatic N) is 1. The number of hydrogen-bond donors (Lipinski definition) is 0. The molecular formula is C16H13NO2. The fourth-order valence-corrected chi connectivity index (χ4v) is 2.44. The highest BCUT2D eigenvalue weighted by Crippen LogP contribution is 2.35. The highest BCUT2D eigenvalue weighted by atomic mass is 16.6. The minimum atomic E-state index is 0.619. The third-order valence-corrected chi connectivity index (χ3v) is 3.38. The van der Waals surface area contributed by atoms with Crippen LogP contribution < -0.4 is 9.47 Å². The second-order valence-corrected chi connectivity index (χ2v) is 4.62. The van der Waals surface area contributed by atoms with Gasteiger partial charge in [-0.3, -0.25) is 0 Å². The Morgan fingerprint density at radius 3 is 2.63 bits per heavy atom. The standard InChI is InChI=1S/C16H13NO2/c1-2-6-17-11-13(9-14(17)3-1)12-4-5-15-16(10-12)19-8-7-18-15/h1-6,9-11H,7-8H2. The van der Waals surface area contributed by atoms with E-state index in [4.69, 9.17) is 9.47 Å². The smallest absolute Gasteiger partial charge is 0.161 e. The lowest BCUT2D eigenvalue weighted by Gasteiger charge is -2.18. The molecule has 0 bridgehead atoms. The molecule has 1 aliphatic heterocycles. The topological polar surface area (TPSA) is 22.9 Å². The lowest BCUT2D eigenvalue weighted by Crippen LogP contribution is -2.15. The molecule has 0 amide bonds. The van der Waals surface area contributed by atoms with Gasteiger partial charge in [-0.2, -0.15) is 0 Å². The predicted octanol–water partition coefficient (Wildman–Crippen LogP) is 3.38. The van der Waals surface area contributed by atoms with Crippen molar-refractivity contribution >= 4 is 5.52 Å². The third-order valence-electron chi connectivity index (χ3n) is 3.38. The van der Waals surface area contributed by atoms with Crippen molar-refractivity contribution in [2.45, 2.75) is 0 Å². The molecule has 0 radical (unpaired) electrons. The molecule has 0 unspecified atom stereocenters. The first-order valence-electron chi connectivity index (χ1n) is 6.37. The summed E-state index contributed by atoms with van der Waals surface area (Å²) in [6.45, 7) is 1.25. The van der Waals surface area contributed by atoms with E-state index in [1.807, 2.05) is 24.3 Å². The Bertz CT molecular complexity index is 712. The fraction of sp³-hybridized carbons (Fsp3) is 0.125. The summed E-state index contributed by atoms with van der Waals surface area (Å²) in [5.74, 6) is 1.66. The van der Waals surface area contributed by atoms with Crippen LogP contribution in [0, 0.1) is 0 Å². The molecule has 19 heavy (non-hydrogen) atoms. The molecule has 0 N–H and O–H groups in total. The van der Waals surface area contributed by atoms with Crippen molar-refractivity contribution in [3.05, 3.63) is 54.9 Å². The van der Waals surface area contributed by atoms with Crippen LogP contribution in [-0.4, -0.2) is 17.6 Å². The third kappa shape index (κ3) is 1.74. The summed E-state index contributed by atoms with van der Waals surface area (Å²) in [5.41, 5.74) is 3.52. The zero-order valence-electron chi connectivity index (χ0n) is 10.4. The van der Waals surface area contributed by atoms with Gasteiger partial charge in [-0.05, 0) is 35.9 Å². The summed E-state index contributed by atoms with van der Waals surface area (Å²) in [5, 5.41) is 0. The average Bonchev–Trinajstić information content (AvgIpc) is 2.90. The predicted molar refractivity (Wildman–Crippen MR) is 73.8 cm³/mol. The molecule has 3 aromatic rings. The van der Waals surface area contributed by atoms with E-state index in [0.29, 0.717) is 13.2 Å². The molecule has 3 nitrogen and oxygen atoms in total. The number of pyridine rings is 1. The molecular weight excluding hydrogens is 238 g/mol. The number of hydrogen-bond acceptors (Lipinski definition) is 2. The maximum Gasteiger partial charge on any atom is 0.161 e. The van der Waals surface area contributed by atoms with Crippen molar-refractivity contribution in [2.75, 3.05) is 13.2 Å².